The number of aryl methyl sites for hydroxylation is 1. The van der Waals surface area contributed by atoms with E-state index < -0.39 is 35.3 Å². The molecule has 27 heavy (non-hydrogen) atoms. The molecule has 3 rings (SSSR count). The molecule has 0 saturated carbocycles. The van der Waals surface area contributed by atoms with E-state index in [-0.39, 0.29) is 11.1 Å². The van der Waals surface area contributed by atoms with Gasteiger partial charge in [0.25, 0.3) is 11.5 Å². The molecule has 8 heteroatoms. The minimum atomic E-state index is -1.27. The number of aromatic nitrogens is 1. The van der Waals surface area contributed by atoms with Gasteiger partial charge in [-0.05, 0) is 35.4 Å². The highest BCUT2D eigenvalue weighted by molar-refractivity contribution is 6.03. The first kappa shape index (κ1) is 18.0. The Balaban J connectivity index is 2.20. The summed E-state index contributed by atoms with van der Waals surface area (Å²) in [5.74, 6) is -2.70. The summed E-state index contributed by atoms with van der Waals surface area (Å²) in [5, 5.41) is 31.2. The van der Waals surface area contributed by atoms with Crippen molar-refractivity contribution in [1.82, 2.24) is 9.88 Å². The summed E-state index contributed by atoms with van der Waals surface area (Å²) >= 11 is 0. The number of nitrogens with one attached hydrogen (secondary N) is 1. The molecule has 0 atom stereocenters. The summed E-state index contributed by atoms with van der Waals surface area (Å²) < 4.78 is 1.21. The van der Waals surface area contributed by atoms with Gasteiger partial charge in [0, 0.05) is 12.4 Å². The van der Waals surface area contributed by atoms with Crippen molar-refractivity contribution >= 4 is 22.8 Å². The lowest BCUT2D eigenvalue weighted by Crippen LogP contribution is -2.35. The van der Waals surface area contributed by atoms with E-state index in [2.05, 4.69) is 5.32 Å². The van der Waals surface area contributed by atoms with Gasteiger partial charge in [-0.25, -0.2) is 0 Å². The van der Waals surface area contributed by atoms with Gasteiger partial charge in [0.15, 0.2) is 0 Å². The molecule has 0 bridgehead atoms. The van der Waals surface area contributed by atoms with E-state index in [0.717, 1.165) is 0 Å². The predicted molar refractivity (Wildman–Crippen MR) is 97.9 cm³/mol. The van der Waals surface area contributed by atoms with Crippen LogP contribution in [0.15, 0.2) is 47.3 Å². The lowest BCUT2D eigenvalue weighted by Gasteiger charge is -2.13. The second kappa shape index (κ2) is 6.83. The molecule has 1 amide bonds. The van der Waals surface area contributed by atoms with Gasteiger partial charge in [0.1, 0.15) is 23.6 Å². The van der Waals surface area contributed by atoms with Gasteiger partial charge in [-0.15, -0.1) is 0 Å². The molecule has 1 aromatic heterocycles. The quantitative estimate of drug-likeness (QED) is 0.551. The highest BCUT2D eigenvalue weighted by Gasteiger charge is 2.21. The molecule has 4 N–H and O–H groups in total. The van der Waals surface area contributed by atoms with Crippen LogP contribution in [0.3, 0.4) is 0 Å². The number of amides is 1. The van der Waals surface area contributed by atoms with Gasteiger partial charge in [-0.3, -0.25) is 14.4 Å². The van der Waals surface area contributed by atoms with E-state index in [0.29, 0.717) is 16.6 Å². The number of benzene rings is 2. The molecule has 1 heterocycles. The topological polar surface area (TPSA) is 129 Å². The summed E-state index contributed by atoms with van der Waals surface area (Å²) in [6, 6.07) is 11.4. The fraction of sp³-hybridized carbons (Fsp3) is 0.105. The second-order valence-electron chi connectivity index (χ2n) is 5.95. The van der Waals surface area contributed by atoms with E-state index in [1.54, 1.807) is 36.4 Å². The van der Waals surface area contributed by atoms with Crippen LogP contribution in [-0.4, -0.2) is 38.3 Å². The van der Waals surface area contributed by atoms with Crippen LogP contribution in [0, 0.1) is 0 Å². The summed E-state index contributed by atoms with van der Waals surface area (Å²) in [4.78, 5) is 35.3. The monoisotopic (exact) mass is 368 g/mol. The Labute approximate surface area is 152 Å². The normalized spacial score (nSPS) is 10.7. The molecule has 8 nitrogen and oxygen atoms in total. The molecular formula is C19H16N2O6. The first-order chi connectivity index (χ1) is 12.8. The number of phenolic OH excluding ortho intramolecular Hbond substituents is 1. The Morgan fingerprint density at radius 2 is 1.78 bits per heavy atom. The third-order valence-corrected chi connectivity index (χ3v) is 4.18. The third kappa shape index (κ3) is 3.32. The lowest BCUT2D eigenvalue weighted by atomic mass is 10.0. The number of hydrogen-bond donors (Lipinski definition) is 4. The van der Waals surface area contributed by atoms with Crippen molar-refractivity contribution < 1.29 is 24.9 Å². The fourth-order valence-corrected chi connectivity index (χ4v) is 2.85. The molecule has 0 fully saturated rings. The van der Waals surface area contributed by atoms with Crippen LogP contribution in [0.5, 0.6) is 11.5 Å². The van der Waals surface area contributed by atoms with E-state index in [4.69, 9.17) is 5.11 Å². The van der Waals surface area contributed by atoms with Crippen molar-refractivity contribution in [2.45, 2.75) is 0 Å². The molecule has 0 unspecified atom stereocenters. The van der Waals surface area contributed by atoms with Crippen LogP contribution < -0.4 is 10.9 Å². The summed E-state index contributed by atoms with van der Waals surface area (Å²) in [6.07, 6.45) is 0. The Morgan fingerprint density at radius 1 is 1.07 bits per heavy atom. The van der Waals surface area contributed by atoms with Crippen LogP contribution in [0.2, 0.25) is 0 Å². The SMILES string of the molecule is Cn1c(=O)c(C(=O)NCC(=O)O)c(O)c2cc(-c3cccc(O)c3)ccc21. The fourth-order valence-electron chi connectivity index (χ4n) is 2.85. The van der Waals surface area contributed by atoms with Crippen LogP contribution in [-0.2, 0) is 11.8 Å². The molecule has 2 aromatic carbocycles. The molecule has 0 radical (unpaired) electrons. The van der Waals surface area contributed by atoms with Crippen molar-refractivity contribution in [1.29, 1.82) is 0 Å². The average Bonchev–Trinajstić information content (AvgIpc) is 2.64. The number of aliphatic carboxylic acids is 1. The maximum Gasteiger partial charge on any atom is 0.322 e. The first-order valence-electron chi connectivity index (χ1n) is 7.94. The number of carbonyl (C=O) groups excluding carboxylic acids is 1. The minimum absolute atomic E-state index is 0.0750. The smallest absolute Gasteiger partial charge is 0.322 e. The summed E-state index contributed by atoms with van der Waals surface area (Å²) in [7, 11) is 1.45. The van der Waals surface area contributed by atoms with Crippen molar-refractivity contribution in [2.24, 2.45) is 7.05 Å². The zero-order valence-corrected chi connectivity index (χ0v) is 14.3. The van der Waals surface area contributed by atoms with Gasteiger partial charge in [0.2, 0.25) is 0 Å². The highest BCUT2D eigenvalue weighted by atomic mass is 16.4. The van der Waals surface area contributed by atoms with Crippen LogP contribution in [0.25, 0.3) is 22.0 Å². The van der Waals surface area contributed by atoms with Crippen molar-refractivity contribution in [3.63, 3.8) is 0 Å². The lowest BCUT2D eigenvalue weighted by molar-refractivity contribution is -0.135. The number of rotatable bonds is 4. The molecule has 0 aliphatic rings. The number of hydrogen-bond acceptors (Lipinski definition) is 5. The Bertz CT molecular complexity index is 1130. The van der Waals surface area contributed by atoms with Gasteiger partial charge >= 0.3 is 5.97 Å². The third-order valence-electron chi connectivity index (χ3n) is 4.18. The van der Waals surface area contributed by atoms with Gasteiger partial charge in [-0.1, -0.05) is 18.2 Å². The van der Waals surface area contributed by atoms with Crippen molar-refractivity contribution in [3.05, 3.63) is 58.4 Å². The van der Waals surface area contributed by atoms with Gasteiger partial charge in [0.05, 0.1) is 5.52 Å². The van der Waals surface area contributed by atoms with E-state index in [9.17, 15) is 24.6 Å². The number of phenols is 1. The Morgan fingerprint density at radius 3 is 2.44 bits per heavy atom. The van der Waals surface area contributed by atoms with E-state index in [1.807, 2.05) is 0 Å². The van der Waals surface area contributed by atoms with E-state index in [1.165, 1.54) is 17.7 Å². The number of nitrogens with zero attached hydrogens (tertiary/aromatic N) is 1. The van der Waals surface area contributed by atoms with Crippen molar-refractivity contribution in [2.75, 3.05) is 6.54 Å². The number of carboxylic acid groups (broad SMARTS) is 1. The first-order valence-corrected chi connectivity index (χ1v) is 7.94. The highest BCUT2D eigenvalue weighted by Crippen LogP contribution is 2.31. The predicted octanol–water partition coefficient (Wildman–Crippen LogP) is 1.43. The van der Waals surface area contributed by atoms with Crippen molar-refractivity contribution in [3.8, 4) is 22.6 Å². The maximum atomic E-state index is 12.5. The number of carboxylic acids is 1. The molecule has 0 saturated heterocycles. The summed E-state index contributed by atoms with van der Waals surface area (Å²) in [5.41, 5.74) is 0.467. The Kier molecular flexibility index (Phi) is 4.55. The minimum Gasteiger partial charge on any atom is -0.508 e. The number of carbonyl (C=O) groups is 2. The zero-order chi connectivity index (χ0) is 19.7. The molecule has 0 spiro atoms. The molecule has 3 aromatic rings. The van der Waals surface area contributed by atoms with Crippen LogP contribution in [0.4, 0.5) is 0 Å². The van der Waals surface area contributed by atoms with E-state index >= 15 is 0 Å². The average molecular weight is 368 g/mol. The maximum absolute atomic E-state index is 12.5. The summed E-state index contributed by atoms with van der Waals surface area (Å²) in [6.45, 7) is -0.678. The van der Waals surface area contributed by atoms with Crippen LogP contribution in [0.1, 0.15) is 10.4 Å². The van der Waals surface area contributed by atoms with Gasteiger partial charge < -0.3 is 25.2 Å². The largest absolute Gasteiger partial charge is 0.508 e. The molecular weight excluding hydrogens is 352 g/mol. The zero-order valence-electron chi connectivity index (χ0n) is 14.3. The van der Waals surface area contributed by atoms with Gasteiger partial charge in [-0.2, -0.15) is 0 Å². The molecule has 138 valence electrons. The number of pyridine rings is 1. The molecule has 0 aliphatic heterocycles. The standard InChI is InChI=1S/C19H16N2O6/c1-21-14-6-5-11(10-3-2-4-12(22)7-10)8-13(14)17(25)16(19(21)27)18(26)20-9-15(23)24/h2-8,22,25H,9H2,1H3,(H,20,26)(H,23,24). The second-order valence-corrected chi connectivity index (χ2v) is 5.95. The van der Waals surface area contributed by atoms with Crippen LogP contribution >= 0.6 is 0 Å². The molecule has 0 aliphatic carbocycles. The Hall–Kier alpha value is -3.81. The number of fused-ring (bicyclic) bond motifs is 1. The number of aromatic hydroxyl groups is 2.